The second-order valence-electron chi connectivity index (χ2n) is 5.83. The predicted molar refractivity (Wildman–Crippen MR) is 83.7 cm³/mol. The van der Waals surface area contributed by atoms with Crippen LogP contribution in [0.2, 0.25) is 0 Å². The third-order valence-electron chi connectivity index (χ3n) is 3.69. The lowest BCUT2D eigenvalue weighted by Crippen LogP contribution is -2.18. The van der Waals surface area contributed by atoms with Crippen molar-refractivity contribution in [3.05, 3.63) is 53.1 Å². The zero-order valence-electron chi connectivity index (χ0n) is 13.4. The number of hydrogen-bond donors (Lipinski definition) is 1. The van der Waals surface area contributed by atoms with Crippen LogP contribution in [0.15, 0.2) is 24.5 Å². The summed E-state index contributed by atoms with van der Waals surface area (Å²) < 4.78 is 29.3. The van der Waals surface area contributed by atoms with Gasteiger partial charge in [-0.15, -0.1) is 0 Å². The maximum absolute atomic E-state index is 13.7. The molecule has 0 amide bonds. The monoisotopic (exact) mass is 307 g/mol. The fourth-order valence-electron chi connectivity index (χ4n) is 2.43. The van der Waals surface area contributed by atoms with Crippen LogP contribution in [0.5, 0.6) is 0 Å². The van der Waals surface area contributed by atoms with E-state index in [1.54, 1.807) is 19.1 Å². The number of imidazole rings is 1. The molecule has 0 spiro atoms. The van der Waals surface area contributed by atoms with Gasteiger partial charge < -0.3 is 9.88 Å². The Balaban J connectivity index is 1.78. The highest BCUT2D eigenvalue weighted by atomic mass is 19.2. The summed E-state index contributed by atoms with van der Waals surface area (Å²) in [4.78, 5) is 4.34. The van der Waals surface area contributed by atoms with Gasteiger partial charge >= 0.3 is 0 Å². The molecule has 5 heteroatoms. The van der Waals surface area contributed by atoms with Crippen LogP contribution in [0.25, 0.3) is 0 Å². The molecule has 0 fully saturated rings. The van der Waals surface area contributed by atoms with Crippen LogP contribution in [0.3, 0.4) is 0 Å². The van der Waals surface area contributed by atoms with Crippen molar-refractivity contribution in [2.24, 2.45) is 0 Å². The molecule has 0 bridgehead atoms. The Morgan fingerprint density at radius 1 is 1.23 bits per heavy atom. The summed E-state index contributed by atoms with van der Waals surface area (Å²) in [5, 5.41) is 3.16. The van der Waals surface area contributed by atoms with Crippen molar-refractivity contribution in [2.45, 2.75) is 46.2 Å². The maximum Gasteiger partial charge on any atom is 0.163 e. The van der Waals surface area contributed by atoms with Gasteiger partial charge in [0, 0.05) is 37.0 Å². The largest absolute Gasteiger partial charge is 0.335 e. The summed E-state index contributed by atoms with van der Waals surface area (Å²) in [6.07, 6.45) is 4.70. The Hall–Kier alpha value is -1.75. The van der Waals surface area contributed by atoms with E-state index in [2.05, 4.69) is 28.7 Å². The van der Waals surface area contributed by atoms with E-state index >= 15 is 0 Å². The number of halogens is 2. The minimum atomic E-state index is -0.751. The molecule has 3 nitrogen and oxygen atoms in total. The number of benzene rings is 1. The van der Waals surface area contributed by atoms with Crippen LogP contribution >= 0.6 is 0 Å². The van der Waals surface area contributed by atoms with Crippen LogP contribution in [-0.4, -0.2) is 16.1 Å². The smallest absolute Gasteiger partial charge is 0.163 e. The summed E-state index contributed by atoms with van der Waals surface area (Å²) in [5.74, 6) is -0.0252. The molecule has 120 valence electrons. The van der Waals surface area contributed by atoms with E-state index in [9.17, 15) is 8.78 Å². The quantitative estimate of drug-likeness (QED) is 0.789. The Kier molecular flexibility index (Phi) is 5.66. The Bertz CT molecular complexity index is 620. The van der Waals surface area contributed by atoms with Crippen molar-refractivity contribution in [3.8, 4) is 0 Å². The van der Waals surface area contributed by atoms with E-state index in [0.29, 0.717) is 23.6 Å². The third-order valence-corrected chi connectivity index (χ3v) is 3.69. The average Bonchev–Trinajstić information content (AvgIpc) is 2.95. The van der Waals surface area contributed by atoms with Crippen molar-refractivity contribution in [2.75, 3.05) is 6.54 Å². The zero-order chi connectivity index (χ0) is 16.1. The van der Waals surface area contributed by atoms with Gasteiger partial charge in [0.15, 0.2) is 11.6 Å². The molecule has 22 heavy (non-hydrogen) atoms. The van der Waals surface area contributed by atoms with E-state index in [-0.39, 0.29) is 0 Å². The molecule has 0 saturated heterocycles. The lowest BCUT2D eigenvalue weighted by molar-refractivity contribution is 0.484. The standard InChI is InChI=1S/C17H23F2N3/c1-12(2)17-21-8-10-22(17)9-4-7-20-11-14-6-5-13(3)15(18)16(14)19/h5-6,8,10,12,20H,4,7,9,11H2,1-3H3. The fraction of sp³-hybridized carbons (Fsp3) is 0.471. The molecule has 2 rings (SSSR count). The number of aromatic nitrogens is 2. The molecule has 1 aromatic carbocycles. The first-order valence-corrected chi connectivity index (χ1v) is 7.66. The first-order valence-electron chi connectivity index (χ1n) is 7.66. The van der Waals surface area contributed by atoms with Crippen molar-refractivity contribution < 1.29 is 8.78 Å². The number of hydrogen-bond acceptors (Lipinski definition) is 2. The van der Waals surface area contributed by atoms with Crippen molar-refractivity contribution >= 4 is 0 Å². The average molecular weight is 307 g/mol. The highest BCUT2D eigenvalue weighted by Gasteiger charge is 2.10. The van der Waals surface area contributed by atoms with Crippen molar-refractivity contribution in [1.82, 2.24) is 14.9 Å². The van der Waals surface area contributed by atoms with Gasteiger partial charge in [-0.25, -0.2) is 13.8 Å². The summed E-state index contributed by atoms with van der Waals surface area (Å²) in [6.45, 7) is 7.74. The molecule has 0 atom stereocenters. The lowest BCUT2D eigenvalue weighted by atomic mass is 10.1. The second kappa shape index (κ2) is 7.49. The summed E-state index contributed by atoms with van der Waals surface area (Å²) in [5.41, 5.74) is 0.705. The number of aryl methyl sites for hydroxylation is 2. The molecule has 0 saturated carbocycles. The first-order chi connectivity index (χ1) is 10.5. The number of nitrogens with one attached hydrogen (secondary N) is 1. The molecule has 0 unspecified atom stereocenters. The molecule has 1 heterocycles. The minimum Gasteiger partial charge on any atom is -0.335 e. The highest BCUT2D eigenvalue weighted by Crippen LogP contribution is 2.15. The van der Waals surface area contributed by atoms with Crippen molar-refractivity contribution in [3.63, 3.8) is 0 Å². The van der Waals surface area contributed by atoms with Gasteiger partial charge in [0.05, 0.1) is 0 Å². The van der Waals surface area contributed by atoms with Crippen LogP contribution in [0.4, 0.5) is 8.78 Å². The van der Waals surface area contributed by atoms with Crippen LogP contribution in [0.1, 0.15) is 43.1 Å². The molecule has 0 aliphatic heterocycles. The van der Waals surface area contributed by atoms with Crippen LogP contribution in [-0.2, 0) is 13.1 Å². The van der Waals surface area contributed by atoms with Gasteiger partial charge in [0.25, 0.3) is 0 Å². The molecule has 0 radical (unpaired) electrons. The van der Waals surface area contributed by atoms with Gasteiger partial charge in [-0.05, 0) is 25.5 Å². The minimum absolute atomic E-state index is 0.336. The molecule has 0 aliphatic carbocycles. The fourth-order valence-corrected chi connectivity index (χ4v) is 2.43. The summed E-state index contributed by atoms with van der Waals surface area (Å²) in [6, 6.07) is 3.24. The molecule has 2 aromatic rings. The molecule has 0 aliphatic rings. The first kappa shape index (κ1) is 16.6. The Morgan fingerprint density at radius 3 is 2.73 bits per heavy atom. The SMILES string of the molecule is Cc1ccc(CNCCCn2ccnc2C(C)C)c(F)c1F. The molecule has 1 N–H and O–H groups in total. The summed E-state index contributed by atoms with van der Waals surface area (Å²) >= 11 is 0. The third kappa shape index (κ3) is 3.91. The van der Waals surface area contributed by atoms with E-state index in [1.807, 2.05) is 12.4 Å². The van der Waals surface area contributed by atoms with Gasteiger partial charge in [-0.2, -0.15) is 0 Å². The highest BCUT2D eigenvalue weighted by molar-refractivity contribution is 5.25. The van der Waals surface area contributed by atoms with Crippen LogP contribution < -0.4 is 5.32 Å². The van der Waals surface area contributed by atoms with Gasteiger partial charge in [-0.3, -0.25) is 0 Å². The maximum atomic E-state index is 13.7. The Labute approximate surface area is 130 Å². The second-order valence-corrected chi connectivity index (χ2v) is 5.83. The van der Waals surface area contributed by atoms with E-state index in [1.165, 1.54) is 0 Å². The molecular weight excluding hydrogens is 284 g/mol. The van der Waals surface area contributed by atoms with Gasteiger partial charge in [0.1, 0.15) is 5.82 Å². The van der Waals surface area contributed by atoms with E-state index < -0.39 is 11.6 Å². The van der Waals surface area contributed by atoms with Gasteiger partial charge in [-0.1, -0.05) is 26.0 Å². The zero-order valence-corrected chi connectivity index (χ0v) is 13.4. The Morgan fingerprint density at radius 2 is 2.00 bits per heavy atom. The normalized spacial score (nSPS) is 11.4. The van der Waals surface area contributed by atoms with Gasteiger partial charge in [0.2, 0.25) is 0 Å². The number of rotatable bonds is 7. The number of nitrogens with zero attached hydrogens (tertiary/aromatic N) is 2. The predicted octanol–water partition coefficient (Wildman–Crippen LogP) is 3.77. The molecular formula is C17H23F2N3. The van der Waals surface area contributed by atoms with Crippen molar-refractivity contribution in [1.29, 1.82) is 0 Å². The topological polar surface area (TPSA) is 29.9 Å². The summed E-state index contributed by atoms with van der Waals surface area (Å²) in [7, 11) is 0. The van der Waals surface area contributed by atoms with Crippen LogP contribution in [0, 0.1) is 18.6 Å². The van der Waals surface area contributed by atoms with E-state index in [0.717, 1.165) is 25.3 Å². The molecule has 1 aromatic heterocycles. The lowest BCUT2D eigenvalue weighted by Gasteiger charge is -2.11. The van der Waals surface area contributed by atoms with E-state index in [4.69, 9.17) is 0 Å².